The predicted octanol–water partition coefficient (Wildman–Crippen LogP) is 12.1. The first-order valence-electron chi connectivity index (χ1n) is 38.7. The molecule has 19 nitrogen and oxygen atoms in total. The average molecular weight is 1380 g/mol. The fourth-order valence-electron chi connectivity index (χ4n) is 12.8. The quantitative estimate of drug-likeness (QED) is 0.0199. The highest BCUT2D eigenvalue weighted by Gasteiger charge is 2.54. The van der Waals surface area contributed by atoms with E-state index in [1.807, 2.05) is 0 Å². The van der Waals surface area contributed by atoms with E-state index in [1.165, 1.54) is 167 Å². The van der Waals surface area contributed by atoms with Gasteiger partial charge in [-0.2, -0.15) is 0 Å². The largest absolute Gasteiger partial charge is 0.394 e. The molecule has 0 aromatic rings. The third-order valence-electron chi connectivity index (χ3n) is 19.0. The van der Waals surface area contributed by atoms with E-state index < -0.39 is 124 Å². The zero-order valence-electron chi connectivity index (χ0n) is 60.0. The summed E-state index contributed by atoms with van der Waals surface area (Å²) in [4.78, 5) is 13.5. The highest BCUT2D eigenvalue weighted by atomic mass is 16.8. The molecule has 0 spiro atoms. The molecule has 19 heteroatoms. The minimum absolute atomic E-state index is 0.242. The third-order valence-corrected chi connectivity index (χ3v) is 19.0. The van der Waals surface area contributed by atoms with E-state index in [0.29, 0.717) is 12.8 Å². The number of aliphatic hydroxyl groups is 11. The lowest BCUT2D eigenvalue weighted by molar-refractivity contribution is -0.379. The number of allylic oxidation sites excluding steroid dienone is 12. The molecule has 0 radical (unpaired) electrons. The van der Waals surface area contributed by atoms with Gasteiger partial charge in [0.05, 0.1) is 38.6 Å². The molecule has 97 heavy (non-hydrogen) atoms. The van der Waals surface area contributed by atoms with Crippen LogP contribution >= 0.6 is 0 Å². The Labute approximate surface area is 585 Å². The lowest BCUT2D eigenvalue weighted by Crippen LogP contribution is -2.66. The lowest BCUT2D eigenvalue weighted by atomic mass is 9.96. The molecule has 17 atom stereocenters. The van der Waals surface area contributed by atoms with Crippen LogP contribution in [0.3, 0.4) is 0 Å². The van der Waals surface area contributed by atoms with E-state index in [4.69, 9.17) is 28.4 Å². The second-order valence-corrected chi connectivity index (χ2v) is 27.4. The molecule has 0 aromatic heterocycles. The highest BCUT2D eigenvalue weighted by Crippen LogP contribution is 2.33. The third kappa shape index (κ3) is 39.5. The summed E-state index contributed by atoms with van der Waals surface area (Å²) in [6.45, 7) is 1.71. The smallest absolute Gasteiger partial charge is 0.220 e. The van der Waals surface area contributed by atoms with Gasteiger partial charge in [-0.25, -0.2) is 0 Å². The number of carbonyl (C=O) groups excluding carboxylic acids is 1. The number of hydrogen-bond acceptors (Lipinski definition) is 18. The maximum atomic E-state index is 13.5. The van der Waals surface area contributed by atoms with Gasteiger partial charge in [-0.1, -0.05) is 286 Å². The molecule has 3 saturated heterocycles. The summed E-state index contributed by atoms with van der Waals surface area (Å²) < 4.78 is 34.5. The summed E-state index contributed by atoms with van der Waals surface area (Å²) in [5.74, 6) is -0.242. The Morgan fingerprint density at radius 3 is 1.11 bits per heavy atom. The van der Waals surface area contributed by atoms with Crippen LogP contribution < -0.4 is 5.32 Å². The Kier molecular flexibility index (Phi) is 53.5. The Hall–Kier alpha value is -2.77. The summed E-state index contributed by atoms with van der Waals surface area (Å²) >= 11 is 0. The van der Waals surface area contributed by atoms with Crippen LogP contribution in [-0.2, 0) is 33.2 Å². The molecule has 0 aromatic carbocycles. The lowest BCUT2D eigenvalue weighted by Gasteiger charge is -2.48. The van der Waals surface area contributed by atoms with Crippen molar-refractivity contribution in [2.45, 2.75) is 388 Å². The SMILES string of the molecule is CC/C=C\C/C=C\C/C=C\C/C=C\C/C=C\C/C=C\CCCCCCCCCCCCCCCCCCC(=O)NC(COC1OC(CO)C(OC2OC(CO)C(OC3OC(CO)C(O)C(O)C3O)C(O)C2O)C(O)C1O)C(O)CCCCCCCCCCCCCCCCCCC. The van der Waals surface area contributed by atoms with Gasteiger partial charge in [0.2, 0.25) is 5.91 Å². The van der Waals surface area contributed by atoms with Crippen molar-refractivity contribution in [1.29, 1.82) is 0 Å². The molecule has 0 aliphatic carbocycles. The van der Waals surface area contributed by atoms with Crippen molar-refractivity contribution in [3.8, 4) is 0 Å². The summed E-state index contributed by atoms with van der Waals surface area (Å²) in [6, 6.07) is -0.890. The molecular formula is C78H139NO18. The first-order chi connectivity index (χ1) is 47.3. The molecule has 3 rings (SSSR count). The average Bonchev–Trinajstić information content (AvgIpc) is 0.792. The van der Waals surface area contributed by atoms with E-state index in [0.717, 1.165) is 83.5 Å². The van der Waals surface area contributed by atoms with Crippen LogP contribution in [0.4, 0.5) is 0 Å². The van der Waals surface area contributed by atoms with Gasteiger partial charge in [0, 0.05) is 6.42 Å². The van der Waals surface area contributed by atoms with Crippen LogP contribution in [0, 0.1) is 0 Å². The van der Waals surface area contributed by atoms with Crippen molar-refractivity contribution < 1.29 is 89.4 Å². The van der Waals surface area contributed by atoms with Crippen molar-refractivity contribution in [1.82, 2.24) is 5.32 Å². The van der Waals surface area contributed by atoms with Crippen LogP contribution in [0.25, 0.3) is 0 Å². The summed E-state index contributed by atoms with van der Waals surface area (Å²) in [5, 5.41) is 121. The molecule has 1 amide bonds. The van der Waals surface area contributed by atoms with Crippen LogP contribution in [0.1, 0.15) is 284 Å². The number of carbonyl (C=O) groups is 1. The van der Waals surface area contributed by atoms with Crippen molar-refractivity contribution >= 4 is 5.91 Å². The van der Waals surface area contributed by atoms with Gasteiger partial charge in [0.25, 0.3) is 0 Å². The molecule has 0 saturated carbocycles. The topological polar surface area (TPSA) is 307 Å². The highest BCUT2D eigenvalue weighted by molar-refractivity contribution is 5.76. The molecule has 0 bridgehead atoms. The van der Waals surface area contributed by atoms with Crippen LogP contribution in [0.5, 0.6) is 0 Å². The number of nitrogens with one attached hydrogen (secondary N) is 1. The molecule has 3 aliphatic heterocycles. The van der Waals surface area contributed by atoms with E-state index in [1.54, 1.807) is 0 Å². The number of aliphatic hydroxyl groups excluding tert-OH is 11. The summed E-state index contributed by atoms with van der Waals surface area (Å²) in [5.41, 5.74) is 0. The number of ether oxygens (including phenoxy) is 6. The fourth-order valence-corrected chi connectivity index (χ4v) is 12.8. The standard InChI is InChI=1S/C78H139NO18/c1-3-5-7-9-11-13-15-17-19-21-22-23-24-25-26-27-28-29-30-31-32-33-34-35-36-37-38-40-42-44-46-48-50-52-54-56-66(84)79-61(62(83)55-53-51-49-47-45-43-41-39-20-18-16-14-12-10-8-6-4-2)60-92-76-72(90)69(87)74(64(58-81)94-76)97-78-73(91)70(88)75(65(59-82)95-78)96-77-71(89)68(86)67(85)63(57-80)93-77/h5,7,11,13,17,19,22-23,25-26,28-29,61-65,67-78,80-83,85-91H,3-4,6,8-10,12,14-16,18,20-21,24,27,30-60H2,1-2H3,(H,79,84)/b7-5-,13-11-,19-17-,23-22-,26-25-,29-28-. The Balaban J connectivity index is 1.34. The minimum Gasteiger partial charge on any atom is -0.394 e. The fraction of sp³-hybridized carbons (Fsp3) is 0.833. The van der Waals surface area contributed by atoms with E-state index >= 15 is 0 Å². The van der Waals surface area contributed by atoms with Crippen molar-refractivity contribution in [3.63, 3.8) is 0 Å². The van der Waals surface area contributed by atoms with Gasteiger partial charge in [-0.15, -0.1) is 0 Å². The zero-order valence-corrected chi connectivity index (χ0v) is 60.0. The Bertz CT molecular complexity index is 2040. The normalized spacial score (nSPS) is 27.3. The summed E-state index contributed by atoms with van der Waals surface area (Å²) in [6.07, 6.45) is 48.4. The maximum Gasteiger partial charge on any atom is 0.220 e. The number of rotatable bonds is 60. The van der Waals surface area contributed by atoms with E-state index in [9.17, 15) is 61.0 Å². The molecule has 12 N–H and O–H groups in total. The van der Waals surface area contributed by atoms with Gasteiger partial charge >= 0.3 is 0 Å². The Morgan fingerprint density at radius 2 is 0.711 bits per heavy atom. The summed E-state index contributed by atoms with van der Waals surface area (Å²) in [7, 11) is 0. The zero-order chi connectivity index (χ0) is 70.4. The van der Waals surface area contributed by atoms with E-state index in [2.05, 4.69) is 92.1 Å². The first-order valence-corrected chi connectivity index (χ1v) is 38.7. The minimum atomic E-state index is -1.97. The first kappa shape index (κ1) is 88.4. The van der Waals surface area contributed by atoms with Gasteiger partial charge in [-0.05, 0) is 64.2 Å². The van der Waals surface area contributed by atoms with Crippen LogP contribution in [0.2, 0.25) is 0 Å². The van der Waals surface area contributed by atoms with Crippen LogP contribution in [0.15, 0.2) is 72.9 Å². The van der Waals surface area contributed by atoms with Gasteiger partial charge in [-0.3, -0.25) is 4.79 Å². The molecule has 17 unspecified atom stereocenters. The number of hydrogen-bond donors (Lipinski definition) is 12. The van der Waals surface area contributed by atoms with Gasteiger partial charge in [0.1, 0.15) is 73.2 Å². The number of unbranched alkanes of at least 4 members (excludes halogenated alkanes) is 32. The second-order valence-electron chi connectivity index (χ2n) is 27.4. The van der Waals surface area contributed by atoms with Gasteiger partial charge in [0.15, 0.2) is 18.9 Å². The van der Waals surface area contributed by atoms with Crippen molar-refractivity contribution in [2.75, 3.05) is 26.4 Å². The molecule has 3 aliphatic rings. The molecule has 3 fully saturated rings. The number of amides is 1. The van der Waals surface area contributed by atoms with Crippen molar-refractivity contribution in [2.24, 2.45) is 0 Å². The van der Waals surface area contributed by atoms with Crippen molar-refractivity contribution in [3.05, 3.63) is 72.9 Å². The second kappa shape index (κ2) is 58.7. The van der Waals surface area contributed by atoms with E-state index in [-0.39, 0.29) is 18.9 Å². The molecular weight excluding hydrogens is 1240 g/mol. The van der Waals surface area contributed by atoms with Gasteiger partial charge < -0.3 is 89.9 Å². The predicted molar refractivity (Wildman–Crippen MR) is 383 cm³/mol. The molecule has 564 valence electrons. The molecule has 3 heterocycles. The Morgan fingerprint density at radius 1 is 0.381 bits per heavy atom. The maximum absolute atomic E-state index is 13.5. The monoisotopic (exact) mass is 1380 g/mol. The van der Waals surface area contributed by atoms with Crippen LogP contribution in [-0.4, -0.2) is 193 Å².